The van der Waals surface area contributed by atoms with Gasteiger partial charge in [0.15, 0.2) is 9.84 Å². The van der Waals surface area contributed by atoms with Gasteiger partial charge in [-0.15, -0.1) is 0 Å². The van der Waals surface area contributed by atoms with Gasteiger partial charge in [0.1, 0.15) is 5.56 Å². The fourth-order valence-electron chi connectivity index (χ4n) is 2.48. The van der Waals surface area contributed by atoms with Gasteiger partial charge in [0.2, 0.25) is 5.78 Å². The van der Waals surface area contributed by atoms with Gasteiger partial charge in [-0.1, -0.05) is 6.92 Å². The molecule has 0 aliphatic carbocycles. The predicted molar refractivity (Wildman–Crippen MR) is 92.5 cm³/mol. The van der Waals surface area contributed by atoms with Crippen molar-refractivity contribution >= 4 is 21.3 Å². The van der Waals surface area contributed by atoms with E-state index in [9.17, 15) is 18.0 Å². The molecule has 0 bridgehead atoms. The molecule has 24 heavy (non-hydrogen) atoms. The van der Waals surface area contributed by atoms with E-state index >= 15 is 0 Å². The zero-order valence-corrected chi connectivity index (χ0v) is 15.0. The van der Waals surface area contributed by atoms with Crippen LogP contribution in [0, 0.1) is 6.92 Å². The lowest BCUT2D eigenvalue weighted by Gasteiger charge is -2.16. The average Bonchev–Trinajstić information content (AvgIpc) is 2.84. The van der Waals surface area contributed by atoms with Crippen molar-refractivity contribution in [2.75, 3.05) is 18.1 Å². The molecule has 2 N–H and O–H groups in total. The normalized spacial score (nSPS) is 11.5. The second kappa shape index (κ2) is 6.64. The van der Waals surface area contributed by atoms with E-state index in [1.165, 1.54) is 30.1 Å². The highest BCUT2D eigenvalue weighted by molar-refractivity contribution is 7.90. The Bertz CT molecular complexity index is 939. The number of ketones is 1. The van der Waals surface area contributed by atoms with E-state index in [0.717, 1.165) is 12.7 Å². The predicted octanol–water partition coefficient (Wildman–Crippen LogP) is 1.48. The molecule has 7 nitrogen and oxygen atoms in total. The van der Waals surface area contributed by atoms with Crippen LogP contribution in [0.15, 0.2) is 28.0 Å². The Balaban J connectivity index is 2.62. The number of anilines is 1. The Morgan fingerprint density at radius 2 is 1.96 bits per heavy atom. The minimum atomic E-state index is -3.44. The van der Waals surface area contributed by atoms with Crippen molar-refractivity contribution in [2.45, 2.75) is 25.2 Å². The van der Waals surface area contributed by atoms with Crippen LogP contribution < -0.4 is 10.9 Å². The summed E-state index contributed by atoms with van der Waals surface area (Å²) in [4.78, 5) is 24.8. The number of carbonyl (C=O) groups excluding carboxylic acids is 1. The first-order chi connectivity index (χ1) is 11.2. The molecule has 0 unspecified atom stereocenters. The van der Waals surface area contributed by atoms with Gasteiger partial charge in [0.25, 0.3) is 5.56 Å². The maximum absolute atomic E-state index is 12.7. The number of aromatic nitrogens is 2. The number of aryl methyl sites for hydroxylation is 1. The largest absolute Gasteiger partial charge is 0.384 e. The molecule has 130 valence electrons. The van der Waals surface area contributed by atoms with Crippen LogP contribution in [0.25, 0.3) is 0 Å². The van der Waals surface area contributed by atoms with Crippen LogP contribution in [0.2, 0.25) is 0 Å². The molecule has 0 saturated carbocycles. The first-order valence-corrected chi connectivity index (χ1v) is 9.44. The Morgan fingerprint density at radius 3 is 2.46 bits per heavy atom. The number of hydrogen-bond donors (Lipinski definition) is 2. The van der Waals surface area contributed by atoms with Crippen molar-refractivity contribution in [3.8, 4) is 0 Å². The van der Waals surface area contributed by atoms with Crippen molar-refractivity contribution in [2.24, 2.45) is 7.05 Å². The minimum absolute atomic E-state index is 0.0224. The number of hydrogen-bond acceptors (Lipinski definition) is 5. The standard InChI is InChI=1S/C16H21N3O4S/c1-5-8-17-14-10(2)11(6-7-13(14)24(4,22)23)15(20)12-9-18-19(3)16(12)21/h6-7,9,17-18H,5,8H2,1-4H3. The second-order valence-electron chi connectivity index (χ2n) is 5.69. The molecule has 0 amide bonds. The zero-order chi connectivity index (χ0) is 18.1. The molecule has 1 aromatic heterocycles. The Kier molecular flexibility index (Phi) is 4.98. The number of nitrogens with one attached hydrogen (secondary N) is 2. The van der Waals surface area contributed by atoms with Crippen molar-refractivity contribution in [3.63, 3.8) is 0 Å². The lowest BCUT2D eigenvalue weighted by atomic mass is 9.99. The summed E-state index contributed by atoms with van der Waals surface area (Å²) < 4.78 is 25.2. The second-order valence-corrected chi connectivity index (χ2v) is 7.67. The molecule has 0 fully saturated rings. The number of carbonyl (C=O) groups is 1. The monoisotopic (exact) mass is 351 g/mol. The molecular weight excluding hydrogens is 330 g/mol. The highest BCUT2D eigenvalue weighted by Crippen LogP contribution is 2.29. The van der Waals surface area contributed by atoms with E-state index in [4.69, 9.17) is 0 Å². The summed E-state index contributed by atoms with van der Waals surface area (Å²) in [5, 5.41) is 5.75. The highest BCUT2D eigenvalue weighted by Gasteiger charge is 2.23. The molecule has 0 aliphatic heterocycles. The molecule has 1 heterocycles. The molecular formula is C16H21N3O4S. The Morgan fingerprint density at radius 1 is 1.29 bits per heavy atom. The third kappa shape index (κ3) is 3.28. The summed E-state index contributed by atoms with van der Waals surface area (Å²) in [6.45, 7) is 4.21. The number of H-pyrrole nitrogens is 1. The van der Waals surface area contributed by atoms with Crippen LogP contribution in [0.4, 0.5) is 5.69 Å². The SMILES string of the molecule is CCCNc1c(S(C)(=O)=O)ccc(C(=O)c2c[nH]n(C)c2=O)c1C. The number of sulfone groups is 1. The molecule has 0 radical (unpaired) electrons. The summed E-state index contributed by atoms with van der Waals surface area (Å²) in [6, 6.07) is 2.86. The van der Waals surface area contributed by atoms with Crippen LogP contribution in [0.1, 0.15) is 34.8 Å². The van der Waals surface area contributed by atoms with Gasteiger partial charge in [0.05, 0.1) is 10.6 Å². The Hall–Kier alpha value is -2.35. The quantitative estimate of drug-likeness (QED) is 0.768. The van der Waals surface area contributed by atoms with Crippen LogP contribution in [0.3, 0.4) is 0 Å². The van der Waals surface area contributed by atoms with Crippen LogP contribution >= 0.6 is 0 Å². The van der Waals surface area contributed by atoms with Crippen molar-refractivity contribution in [3.05, 3.63) is 45.4 Å². The smallest absolute Gasteiger partial charge is 0.277 e. The number of rotatable bonds is 6. The minimum Gasteiger partial charge on any atom is -0.384 e. The van der Waals surface area contributed by atoms with Gasteiger partial charge in [-0.2, -0.15) is 0 Å². The van der Waals surface area contributed by atoms with E-state index in [1.54, 1.807) is 6.92 Å². The summed E-state index contributed by atoms with van der Waals surface area (Å²) in [7, 11) is -1.92. The summed E-state index contributed by atoms with van der Waals surface area (Å²) in [5.74, 6) is -0.436. The number of aromatic amines is 1. The lowest BCUT2D eigenvalue weighted by Crippen LogP contribution is -2.20. The molecule has 0 aliphatic rings. The van der Waals surface area contributed by atoms with Gasteiger partial charge in [-0.3, -0.25) is 14.3 Å². The maximum Gasteiger partial charge on any atom is 0.277 e. The molecule has 2 rings (SSSR count). The summed E-state index contributed by atoms with van der Waals surface area (Å²) in [6.07, 6.45) is 3.29. The van der Waals surface area contributed by atoms with Crippen molar-refractivity contribution < 1.29 is 13.2 Å². The van der Waals surface area contributed by atoms with Crippen molar-refractivity contribution in [1.82, 2.24) is 9.78 Å². The average molecular weight is 351 g/mol. The van der Waals surface area contributed by atoms with Gasteiger partial charge < -0.3 is 10.4 Å². The topological polar surface area (TPSA) is 101 Å². The molecule has 0 saturated heterocycles. The Labute approximate surface area is 140 Å². The molecule has 8 heteroatoms. The first-order valence-electron chi connectivity index (χ1n) is 7.55. The highest BCUT2D eigenvalue weighted by atomic mass is 32.2. The molecule has 2 aromatic rings. The van der Waals surface area contributed by atoms with Crippen LogP contribution in [-0.4, -0.2) is 36.8 Å². The van der Waals surface area contributed by atoms with Gasteiger partial charge in [-0.25, -0.2) is 8.42 Å². The van der Waals surface area contributed by atoms with Gasteiger partial charge in [0, 0.05) is 31.6 Å². The van der Waals surface area contributed by atoms with Crippen LogP contribution in [0.5, 0.6) is 0 Å². The first kappa shape index (κ1) is 18.0. The van der Waals surface area contributed by atoms with E-state index in [0.29, 0.717) is 23.4 Å². The zero-order valence-electron chi connectivity index (χ0n) is 14.1. The summed E-state index contributed by atoms with van der Waals surface area (Å²) >= 11 is 0. The summed E-state index contributed by atoms with van der Waals surface area (Å²) in [5.41, 5.74) is 0.832. The third-order valence-corrected chi connectivity index (χ3v) is 4.94. The molecule has 1 aromatic carbocycles. The molecule has 0 atom stereocenters. The third-order valence-electron chi connectivity index (χ3n) is 3.80. The fraction of sp³-hybridized carbons (Fsp3) is 0.375. The van der Waals surface area contributed by atoms with Crippen molar-refractivity contribution in [1.29, 1.82) is 0 Å². The van der Waals surface area contributed by atoms with Crippen LogP contribution in [-0.2, 0) is 16.9 Å². The number of benzene rings is 1. The van der Waals surface area contributed by atoms with Gasteiger partial charge in [-0.05, 0) is 31.0 Å². The van der Waals surface area contributed by atoms with E-state index in [-0.39, 0.29) is 10.5 Å². The lowest BCUT2D eigenvalue weighted by molar-refractivity contribution is 0.103. The fourth-order valence-corrected chi connectivity index (χ4v) is 3.39. The maximum atomic E-state index is 12.7. The van der Waals surface area contributed by atoms with E-state index in [1.807, 2.05) is 6.92 Å². The number of nitrogens with zero attached hydrogens (tertiary/aromatic N) is 1. The van der Waals surface area contributed by atoms with E-state index in [2.05, 4.69) is 10.4 Å². The van der Waals surface area contributed by atoms with E-state index < -0.39 is 21.2 Å². The molecule has 0 spiro atoms. The van der Waals surface area contributed by atoms with Gasteiger partial charge >= 0.3 is 0 Å².